The molecule has 2 N–H and O–H groups in total. The number of nitrogens with one attached hydrogen (secondary N) is 1. The van der Waals surface area contributed by atoms with Gasteiger partial charge in [-0.25, -0.2) is 0 Å². The van der Waals surface area contributed by atoms with E-state index in [0.29, 0.717) is 25.1 Å². The molecule has 19 heavy (non-hydrogen) atoms. The molecule has 0 aromatic carbocycles. The number of Topliss-reactive ketones (excluding diaryl/α,β-unsaturated/α-hetero) is 1. The smallest absolute Gasteiger partial charge is 0.155 e. The van der Waals surface area contributed by atoms with Crippen LogP contribution in [0.25, 0.3) is 0 Å². The Kier molecular flexibility index (Phi) is 4.06. The van der Waals surface area contributed by atoms with E-state index >= 15 is 0 Å². The topological polar surface area (TPSA) is 75.4 Å². The summed E-state index contributed by atoms with van der Waals surface area (Å²) in [6.45, 7) is 6.80. The number of nitrogens with zero attached hydrogens (tertiary/aromatic N) is 1. The maximum atomic E-state index is 12.1. The highest BCUT2D eigenvalue weighted by Gasteiger charge is 2.27. The highest BCUT2D eigenvalue weighted by Crippen LogP contribution is 2.23. The molecule has 1 saturated heterocycles. The van der Waals surface area contributed by atoms with Crippen LogP contribution in [-0.4, -0.2) is 34.7 Å². The van der Waals surface area contributed by atoms with Gasteiger partial charge in [-0.1, -0.05) is 25.9 Å². The number of hydrogen-bond donors (Lipinski definition) is 2. The monoisotopic (exact) mass is 266 g/mol. The molecule has 2 heterocycles. The van der Waals surface area contributed by atoms with E-state index in [-0.39, 0.29) is 29.8 Å². The number of piperidine rings is 1. The van der Waals surface area contributed by atoms with Crippen LogP contribution in [0.5, 0.6) is 0 Å². The largest absolute Gasteiger partial charge is 0.393 e. The minimum Gasteiger partial charge on any atom is -0.393 e. The van der Waals surface area contributed by atoms with Crippen LogP contribution in [0.1, 0.15) is 45.1 Å². The SMILES string of the molecule is CC(C)(C)c1cc(CC(=O)[C@@H]2C[C@@H](O)CCN2)no1. The summed E-state index contributed by atoms with van der Waals surface area (Å²) < 4.78 is 5.27. The average Bonchev–Trinajstić information content (AvgIpc) is 2.77. The fraction of sp³-hybridized carbons (Fsp3) is 0.714. The van der Waals surface area contributed by atoms with Crippen molar-refractivity contribution in [1.29, 1.82) is 0 Å². The Morgan fingerprint density at radius 3 is 2.89 bits per heavy atom. The van der Waals surface area contributed by atoms with Gasteiger partial charge < -0.3 is 14.9 Å². The Morgan fingerprint density at radius 1 is 1.58 bits per heavy atom. The lowest BCUT2D eigenvalue weighted by Gasteiger charge is -2.25. The van der Waals surface area contributed by atoms with Crippen molar-refractivity contribution in [1.82, 2.24) is 10.5 Å². The molecule has 5 nitrogen and oxygen atoms in total. The number of rotatable bonds is 3. The third-order valence-corrected chi connectivity index (χ3v) is 3.42. The van der Waals surface area contributed by atoms with Crippen molar-refractivity contribution < 1.29 is 14.4 Å². The van der Waals surface area contributed by atoms with Gasteiger partial charge in [0, 0.05) is 11.5 Å². The van der Waals surface area contributed by atoms with Gasteiger partial charge in [-0.15, -0.1) is 0 Å². The normalized spacial score (nSPS) is 24.4. The lowest BCUT2D eigenvalue weighted by Crippen LogP contribution is -2.45. The Morgan fingerprint density at radius 2 is 2.32 bits per heavy atom. The second kappa shape index (κ2) is 5.43. The van der Waals surface area contributed by atoms with Crippen LogP contribution in [0, 0.1) is 0 Å². The first-order chi connectivity index (χ1) is 8.86. The van der Waals surface area contributed by atoms with Crippen LogP contribution in [0.3, 0.4) is 0 Å². The summed E-state index contributed by atoms with van der Waals surface area (Å²) in [5.41, 5.74) is 0.560. The summed E-state index contributed by atoms with van der Waals surface area (Å²) >= 11 is 0. The zero-order chi connectivity index (χ0) is 14.0. The van der Waals surface area contributed by atoms with E-state index in [9.17, 15) is 9.90 Å². The fourth-order valence-corrected chi connectivity index (χ4v) is 2.19. The highest BCUT2D eigenvalue weighted by atomic mass is 16.5. The van der Waals surface area contributed by atoms with Gasteiger partial charge in [-0.2, -0.15) is 0 Å². The molecule has 1 aliphatic rings. The molecule has 5 heteroatoms. The van der Waals surface area contributed by atoms with Crippen molar-refractivity contribution in [2.24, 2.45) is 0 Å². The van der Waals surface area contributed by atoms with E-state index in [4.69, 9.17) is 4.52 Å². The van der Waals surface area contributed by atoms with Gasteiger partial charge in [0.15, 0.2) is 5.78 Å². The molecule has 2 atom stereocenters. The van der Waals surface area contributed by atoms with Crippen molar-refractivity contribution in [2.45, 2.75) is 57.6 Å². The average molecular weight is 266 g/mol. The second-order valence-corrected chi connectivity index (χ2v) is 6.26. The molecule has 0 saturated carbocycles. The van der Waals surface area contributed by atoms with E-state index in [1.54, 1.807) is 0 Å². The van der Waals surface area contributed by atoms with Crippen molar-refractivity contribution >= 4 is 5.78 Å². The number of carbonyl (C=O) groups is 1. The Labute approximate surface area is 113 Å². The predicted molar refractivity (Wildman–Crippen MR) is 70.9 cm³/mol. The first kappa shape index (κ1) is 14.2. The van der Waals surface area contributed by atoms with Crippen molar-refractivity contribution in [3.8, 4) is 0 Å². The predicted octanol–water partition coefficient (Wildman–Crippen LogP) is 1.20. The summed E-state index contributed by atoms with van der Waals surface area (Å²) in [6.07, 6.45) is 1.08. The highest BCUT2D eigenvalue weighted by molar-refractivity contribution is 5.85. The van der Waals surface area contributed by atoms with Crippen LogP contribution < -0.4 is 5.32 Å². The van der Waals surface area contributed by atoms with Crippen LogP contribution >= 0.6 is 0 Å². The Bertz CT molecular complexity index is 448. The van der Waals surface area contributed by atoms with Crippen LogP contribution in [0.4, 0.5) is 0 Å². The van der Waals surface area contributed by atoms with Crippen LogP contribution in [-0.2, 0) is 16.6 Å². The molecular formula is C14H22N2O3. The van der Waals surface area contributed by atoms with Gasteiger partial charge in [-0.05, 0) is 19.4 Å². The minimum absolute atomic E-state index is 0.0625. The molecule has 0 amide bonds. The van der Waals surface area contributed by atoms with E-state index in [2.05, 4.69) is 10.5 Å². The molecule has 1 fully saturated rings. The van der Waals surface area contributed by atoms with Gasteiger partial charge in [0.05, 0.1) is 24.3 Å². The van der Waals surface area contributed by atoms with Gasteiger partial charge in [0.2, 0.25) is 0 Å². The maximum absolute atomic E-state index is 12.1. The lowest BCUT2D eigenvalue weighted by atomic mass is 9.92. The van der Waals surface area contributed by atoms with Crippen LogP contribution in [0.15, 0.2) is 10.6 Å². The van der Waals surface area contributed by atoms with Gasteiger partial charge in [-0.3, -0.25) is 4.79 Å². The van der Waals surface area contributed by atoms with Gasteiger partial charge in [0.1, 0.15) is 5.76 Å². The zero-order valence-electron chi connectivity index (χ0n) is 11.8. The third-order valence-electron chi connectivity index (χ3n) is 3.42. The number of aliphatic hydroxyl groups excluding tert-OH is 1. The summed E-state index contributed by atoms with van der Waals surface area (Å²) in [5, 5.41) is 16.7. The third kappa shape index (κ3) is 3.64. The van der Waals surface area contributed by atoms with Gasteiger partial charge in [0.25, 0.3) is 0 Å². The number of carbonyl (C=O) groups excluding carboxylic acids is 1. The fourth-order valence-electron chi connectivity index (χ4n) is 2.19. The van der Waals surface area contributed by atoms with Crippen molar-refractivity contribution in [3.05, 3.63) is 17.5 Å². The Balaban J connectivity index is 1.97. The quantitative estimate of drug-likeness (QED) is 0.859. The molecule has 2 rings (SSSR count). The molecule has 0 bridgehead atoms. The summed E-state index contributed by atoms with van der Waals surface area (Å²) in [4.78, 5) is 12.1. The van der Waals surface area contributed by atoms with Gasteiger partial charge >= 0.3 is 0 Å². The summed E-state index contributed by atoms with van der Waals surface area (Å²) in [5.74, 6) is 0.847. The molecule has 0 spiro atoms. The molecule has 1 aromatic rings. The lowest BCUT2D eigenvalue weighted by molar-refractivity contribution is -0.122. The van der Waals surface area contributed by atoms with E-state index in [1.165, 1.54) is 0 Å². The molecule has 0 aliphatic carbocycles. The molecule has 1 aliphatic heterocycles. The van der Waals surface area contributed by atoms with Crippen molar-refractivity contribution in [2.75, 3.05) is 6.54 Å². The summed E-state index contributed by atoms with van der Waals surface area (Å²) in [6, 6.07) is 1.58. The number of hydrogen-bond acceptors (Lipinski definition) is 5. The standard InChI is InChI=1S/C14H22N2O3/c1-14(2,3)13-7-9(16-19-13)6-12(18)11-8-10(17)4-5-15-11/h7,10-11,15,17H,4-6,8H2,1-3H3/t10-,11-/m0/s1. The number of aromatic nitrogens is 1. The molecule has 0 unspecified atom stereocenters. The molecule has 0 radical (unpaired) electrons. The number of ketones is 1. The summed E-state index contributed by atoms with van der Waals surface area (Å²) in [7, 11) is 0. The molecule has 1 aromatic heterocycles. The minimum atomic E-state index is -0.377. The molecular weight excluding hydrogens is 244 g/mol. The first-order valence-corrected chi connectivity index (χ1v) is 6.76. The first-order valence-electron chi connectivity index (χ1n) is 6.76. The molecule has 106 valence electrons. The second-order valence-electron chi connectivity index (χ2n) is 6.26. The number of aliphatic hydroxyl groups is 1. The van der Waals surface area contributed by atoms with E-state index in [1.807, 2.05) is 26.8 Å². The maximum Gasteiger partial charge on any atom is 0.155 e. The van der Waals surface area contributed by atoms with E-state index in [0.717, 1.165) is 5.76 Å². The van der Waals surface area contributed by atoms with Crippen molar-refractivity contribution in [3.63, 3.8) is 0 Å². The van der Waals surface area contributed by atoms with Crippen LogP contribution in [0.2, 0.25) is 0 Å². The zero-order valence-corrected chi connectivity index (χ0v) is 11.8. The Hall–Kier alpha value is -1.20. The van der Waals surface area contributed by atoms with E-state index < -0.39 is 0 Å².